The second kappa shape index (κ2) is 6.73. The van der Waals surface area contributed by atoms with Gasteiger partial charge in [0.25, 0.3) is 0 Å². The molecule has 0 saturated carbocycles. The van der Waals surface area contributed by atoms with Gasteiger partial charge in [-0.25, -0.2) is 4.39 Å². The van der Waals surface area contributed by atoms with Crippen molar-refractivity contribution in [3.05, 3.63) is 45.9 Å². The maximum atomic E-state index is 13.0. The Hall–Kier alpha value is -2.32. The lowest BCUT2D eigenvalue weighted by Gasteiger charge is -2.07. The molecule has 20 heavy (non-hydrogen) atoms. The van der Waals surface area contributed by atoms with Crippen LogP contribution in [0.1, 0.15) is 14.5 Å². The summed E-state index contributed by atoms with van der Waals surface area (Å²) >= 11 is 1.32. The average molecular weight is 290 g/mol. The Morgan fingerprint density at radius 1 is 1.30 bits per heavy atom. The lowest BCUT2D eigenvalue weighted by Crippen LogP contribution is -1.97. The Labute approximate surface area is 120 Å². The first-order chi connectivity index (χ1) is 9.72. The molecule has 2 rings (SSSR count). The van der Waals surface area contributed by atoms with E-state index in [1.165, 1.54) is 36.6 Å². The summed E-state index contributed by atoms with van der Waals surface area (Å²) in [5.74, 6) is 6.08. The van der Waals surface area contributed by atoms with Crippen molar-refractivity contribution >= 4 is 17.6 Å². The van der Waals surface area contributed by atoms with Gasteiger partial charge in [0.1, 0.15) is 12.4 Å². The van der Waals surface area contributed by atoms with E-state index < -0.39 is 0 Å². The van der Waals surface area contributed by atoms with Crippen LogP contribution in [0.4, 0.5) is 4.39 Å². The summed E-state index contributed by atoms with van der Waals surface area (Å²) < 4.78 is 23.4. The van der Waals surface area contributed by atoms with Crippen molar-refractivity contribution < 1.29 is 18.7 Å². The van der Waals surface area contributed by atoms with Crippen molar-refractivity contribution in [1.29, 1.82) is 0 Å². The normalized spacial score (nSPS) is 9.50. The minimum Gasteiger partial charge on any atom is -0.493 e. The van der Waals surface area contributed by atoms with Crippen molar-refractivity contribution in [3.63, 3.8) is 0 Å². The molecule has 0 unspecified atom stereocenters. The van der Waals surface area contributed by atoms with Crippen LogP contribution >= 0.6 is 11.3 Å². The Morgan fingerprint density at radius 2 is 2.15 bits per heavy atom. The first kappa shape index (κ1) is 14.1. The topological polar surface area (TPSA) is 35.5 Å². The molecule has 1 aromatic carbocycles. The smallest absolute Gasteiger partial charge is 0.163 e. The van der Waals surface area contributed by atoms with Crippen molar-refractivity contribution in [2.24, 2.45) is 0 Å². The predicted octanol–water partition coefficient (Wildman–Crippen LogP) is 3.14. The molecule has 1 aromatic heterocycles. The molecule has 1 heterocycles. The van der Waals surface area contributed by atoms with Gasteiger partial charge in [0, 0.05) is 6.07 Å². The molecule has 0 aliphatic carbocycles. The predicted molar refractivity (Wildman–Crippen MR) is 75.0 cm³/mol. The van der Waals surface area contributed by atoms with Crippen LogP contribution in [0.3, 0.4) is 0 Å². The molecule has 0 bridgehead atoms. The summed E-state index contributed by atoms with van der Waals surface area (Å²) in [6.45, 7) is 0.149. The van der Waals surface area contributed by atoms with Crippen LogP contribution in [0.5, 0.6) is 11.5 Å². The highest BCUT2D eigenvalue weighted by atomic mass is 32.1. The van der Waals surface area contributed by atoms with Crippen LogP contribution in [-0.4, -0.2) is 20.0 Å². The number of hydrogen-bond acceptors (Lipinski definition) is 4. The van der Waals surface area contributed by atoms with E-state index in [9.17, 15) is 9.18 Å². The van der Waals surface area contributed by atoms with E-state index in [2.05, 4.69) is 11.8 Å². The zero-order valence-electron chi connectivity index (χ0n) is 10.7. The summed E-state index contributed by atoms with van der Waals surface area (Å²) in [5.41, 5.74) is 0. The standard InChI is InChI=1S/C15H11FO3S/c1-18-15-9-11(16)4-7-14(15)19-8-2-3-12-5-6-13(10-17)20-12/h4-7,9-10H,8H2,1H3. The van der Waals surface area contributed by atoms with Crippen LogP contribution in [-0.2, 0) is 0 Å². The molecule has 2 aromatic rings. The van der Waals surface area contributed by atoms with E-state index in [-0.39, 0.29) is 12.4 Å². The third-order valence-electron chi connectivity index (χ3n) is 2.38. The Morgan fingerprint density at radius 3 is 2.85 bits per heavy atom. The first-order valence-electron chi connectivity index (χ1n) is 5.73. The fraction of sp³-hybridized carbons (Fsp3) is 0.133. The largest absolute Gasteiger partial charge is 0.493 e. The molecule has 0 atom stereocenters. The number of hydrogen-bond donors (Lipinski definition) is 0. The quantitative estimate of drug-likeness (QED) is 0.641. The number of carbonyl (C=O) groups is 1. The molecule has 3 nitrogen and oxygen atoms in total. The SMILES string of the molecule is COc1cc(F)ccc1OCC#Cc1ccc(C=O)s1. The summed E-state index contributed by atoms with van der Waals surface area (Å²) in [4.78, 5) is 12.0. The molecule has 0 spiro atoms. The van der Waals surface area contributed by atoms with E-state index in [4.69, 9.17) is 9.47 Å². The molecular weight excluding hydrogens is 279 g/mol. The highest BCUT2D eigenvalue weighted by molar-refractivity contribution is 7.14. The van der Waals surface area contributed by atoms with E-state index in [1.807, 2.05) is 0 Å². The van der Waals surface area contributed by atoms with Gasteiger partial charge in [0.05, 0.1) is 16.9 Å². The molecule has 5 heteroatoms. The number of ether oxygens (including phenoxy) is 2. The van der Waals surface area contributed by atoms with Gasteiger partial charge in [-0.05, 0) is 24.3 Å². The van der Waals surface area contributed by atoms with E-state index >= 15 is 0 Å². The van der Waals surface area contributed by atoms with E-state index in [0.29, 0.717) is 16.4 Å². The number of methoxy groups -OCH3 is 1. The van der Waals surface area contributed by atoms with Crippen LogP contribution in [0.15, 0.2) is 30.3 Å². The Bertz CT molecular complexity index is 667. The average Bonchev–Trinajstić information content (AvgIpc) is 2.92. The number of thiophene rings is 1. The molecule has 102 valence electrons. The van der Waals surface area contributed by atoms with E-state index in [0.717, 1.165) is 11.2 Å². The number of carbonyl (C=O) groups excluding carboxylic acids is 1. The van der Waals surface area contributed by atoms with Gasteiger partial charge < -0.3 is 9.47 Å². The van der Waals surface area contributed by atoms with Gasteiger partial charge >= 0.3 is 0 Å². The summed E-state index contributed by atoms with van der Waals surface area (Å²) in [5, 5.41) is 0. The van der Waals surface area contributed by atoms with Crippen LogP contribution in [0.25, 0.3) is 0 Å². The maximum absolute atomic E-state index is 13.0. The minimum atomic E-state index is -0.389. The van der Waals surface area contributed by atoms with Gasteiger partial charge in [0.15, 0.2) is 17.8 Å². The number of halogens is 1. The van der Waals surface area contributed by atoms with Gasteiger partial charge in [0.2, 0.25) is 0 Å². The highest BCUT2D eigenvalue weighted by Gasteiger charge is 2.04. The summed E-state index contributed by atoms with van der Waals surface area (Å²) in [7, 11) is 1.44. The highest BCUT2D eigenvalue weighted by Crippen LogP contribution is 2.27. The minimum absolute atomic E-state index is 0.149. The van der Waals surface area contributed by atoms with Gasteiger partial charge in [-0.1, -0.05) is 11.8 Å². The summed E-state index contributed by atoms with van der Waals surface area (Å²) in [6, 6.07) is 7.52. The fourth-order valence-corrected chi connectivity index (χ4v) is 2.18. The van der Waals surface area contributed by atoms with Crippen molar-refractivity contribution in [3.8, 4) is 23.3 Å². The molecular formula is C15H11FO3S. The molecule has 0 aliphatic heterocycles. The molecule has 0 saturated heterocycles. The Balaban J connectivity index is 1.98. The molecule has 0 fully saturated rings. The number of benzene rings is 1. The summed E-state index contributed by atoms with van der Waals surface area (Å²) in [6.07, 6.45) is 0.787. The Kier molecular flexibility index (Phi) is 4.75. The van der Waals surface area contributed by atoms with Gasteiger partial charge in [-0.2, -0.15) is 0 Å². The lowest BCUT2D eigenvalue weighted by atomic mass is 10.3. The van der Waals surface area contributed by atoms with Crippen molar-refractivity contribution in [2.45, 2.75) is 0 Å². The van der Waals surface area contributed by atoms with Crippen LogP contribution in [0.2, 0.25) is 0 Å². The van der Waals surface area contributed by atoms with Crippen LogP contribution in [0, 0.1) is 17.7 Å². The molecule has 0 aliphatic rings. The third kappa shape index (κ3) is 3.59. The van der Waals surface area contributed by atoms with Gasteiger partial charge in [-0.3, -0.25) is 4.79 Å². The fourth-order valence-electron chi connectivity index (χ4n) is 1.48. The second-order valence-electron chi connectivity index (χ2n) is 3.71. The maximum Gasteiger partial charge on any atom is 0.163 e. The first-order valence-corrected chi connectivity index (χ1v) is 6.55. The lowest BCUT2D eigenvalue weighted by molar-refractivity contribution is 0.112. The molecule has 0 radical (unpaired) electrons. The van der Waals surface area contributed by atoms with Gasteiger partial charge in [-0.15, -0.1) is 11.3 Å². The third-order valence-corrected chi connectivity index (χ3v) is 3.31. The zero-order chi connectivity index (χ0) is 14.4. The zero-order valence-corrected chi connectivity index (χ0v) is 11.5. The van der Waals surface area contributed by atoms with Crippen LogP contribution < -0.4 is 9.47 Å². The molecule has 0 N–H and O–H groups in total. The van der Waals surface area contributed by atoms with Crippen molar-refractivity contribution in [1.82, 2.24) is 0 Å². The monoisotopic (exact) mass is 290 g/mol. The number of aldehydes is 1. The van der Waals surface area contributed by atoms with Crippen molar-refractivity contribution in [2.75, 3.05) is 13.7 Å². The van der Waals surface area contributed by atoms with E-state index in [1.54, 1.807) is 12.1 Å². The second-order valence-corrected chi connectivity index (χ2v) is 4.82. The molecule has 0 amide bonds. The number of rotatable bonds is 4.